The van der Waals surface area contributed by atoms with Crippen LogP contribution in [0.2, 0.25) is 0 Å². The summed E-state index contributed by atoms with van der Waals surface area (Å²) in [5.74, 6) is -2.31. The number of anilines is 1. The van der Waals surface area contributed by atoms with E-state index in [2.05, 4.69) is 5.32 Å². The molecule has 1 N–H and O–H groups in total. The van der Waals surface area contributed by atoms with Gasteiger partial charge >= 0.3 is 0 Å². The van der Waals surface area contributed by atoms with Crippen molar-refractivity contribution in [3.05, 3.63) is 52.2 Å². The first kappa shape index (κ1) is 15.6. The van der Waals surface area contributed by atoms with Crippen LogP contribution in [-0.2, 0) is 4.79 Å². The summed E-state index contributed by atoms with van der Waals surface area (Å²) in [5.41, 5.74) is 0.334. The monoisotopic (exact) mass is 336 g/mol. The highest BCUT2D eigenvalue weighted by molar-refractivity contribution is 7.12. The topological polar surface area (TPSA) is 49.4 Å². The second-order valence-corrected chi connectivity index (χ2v) is 6.31. The summed E-state index contributed by atoms with van der Waals surface area (Å²) in [6.07, 6.45) is 0.268. The van der Waals surface area contributed by atoms with E-state index in [1.165, 1.54) is 22.3 Å². The number of amides is 2. The molecular weight excluding hydrogens is 322 g/mol. The molecule has 7 heteroatoms. The summed E-state index contributed by atoms with van der Waals surface area (Å²) >= 11 is 1.35. The minimum atomic E-state index is -0.982. The number of rotatable bonds is 4. The highest BCUT2D eigenvalue weighted by Gasteiger charge is 2.31. The van der Waals surface area contributed by atoms with Crippen LogP contribution in [0.15, 0.2) is 35.7 Å². The van der Waals surface area contributed by atoms with E-state index in [1.807, 2.05) is 5.38 Å². The normalized spacial score (nSPS) is 17.6. The zero-order chi connectivity index (χ0) is 16.4. The molecule has 1 aliphatic heterocycles. The SMILES string of the molecule is O=C(NCC1CC(=O)N(c2ccc(F)c(F)c2)C1)c1cccs1. The van der Waals surface area contributed by atoms with Gasteiger partial charge in [0.1, 0.15) is 0 Å². The molecule has 1 aromatic carbocycles. The van der Waals surface area contributed by atoms with E-state index in [1.54, 1.807) is 12.1 Å². The lowest BCUT2D eigenvalue weighted by Crippen LogP contribution is -2.30. The Kier molecular flexibility index (Phi) is 4.38. The number of benzene rings is 1. The predicted molar refractivity (Wildman–Crippen MR) is 83.5 cm³/mol. The van der Waals surface area contributed by atoms with Crippen LogP contribution >= 0.6 is 11.3 Å². The maximum Gasteiger partial charge on any atom is 0.261 e. The van der Waals surface area contributed by atoms with Gasteiger partial charge in [0.05, 0.1) is 4.88 Å². The quantitative estimate of drug-likeness (QED) is 0.933. The number of hydrogen-bond donors (Lipinski definition) is 1. The van der Waals surface area contributed by atoms with Crippen LogP contribution in [0.1, 0.15) is 16.1 Å². The van der Waals surface area contributed by atoms with Gasteiger partial charge < -0.3 is 10.2 Å². The van der Waals surface area contributed by atoms with Crippen molar-refractivity contribution in [3.63, 3.8) is 0 Å². The highest BCUT2D eigenvalue weighted by Crippen LogP contribution is 2.26. The molecule has 0 spiro atoms. The molecule has 0 bridgehead atoms. The lowest BCUT2D eigenvalue weighted by atomic mass is 10.1. The first-order valence-electron chi connectivity index (χ1n) is 7.11. The van der Waals surface area contributed by atoms with Crippen LogP contribution in [0.25, 0.3) is 0 Å². The van der Waals surface area contributed by atoms with Gasteiger partial charge in [-0.1, -0.05) is 6.07 Å². The van der Waals surface area contributed by atoms with E-state index < -0.39 is 11.6 Å². The summed E-state index contributed by atoms with van der Waals surface area (Å²) in [4.78, 5) is 26.0. The molecule has 23 heavy (non-hydrogen) atoms. The first-order chi connectivity index (χ1) is 11.0. The van der Waals surface area contributed by atoms with Gasteiger partial charge in [0.25, 0.3) is 5.91 Å². The van der Waals surface area contributed by atoms with Gasteiger partial charge in [-0.25, -0.2) is 8.78 Å². The summed E-state index contributed by atoms with van der Waals surface area (Å²) in [7, 11) is 0. The maximum absolute atomic E-state index is 13.3. The third-order valence-electron chi connectivity index (χ3n) is 3.72. The third kappa shape index (κ3) is 3.39. The Balaban J connectivity index is 1.61. The number of carbonyl (C=O) groups is 2. The minimum absolute atomic E-state index is 0.0560. The Labute approximate surface area is 135 Å². The van der Waals surface area contributed by atoms with Crippen LogP contribution in [-0.4, -0.2) is 24.9 Å². The molecule has 4 nitrogen and oxygen atoms in total. The van der Waals surface area contributed by atoms with Crippen LogP contribution in [0.5, 0.6) is 0 Å². The standard InChI is InChI=1S/C16H14F2N2O2S/c17-12-4-3-11(7-13(12)18)20-9-10(6-15(20)21)8-19-16(22)14-2-1-5-23-14/h1-5,7,10H,6,8-9H2,(H,19,22). The Morgan fingerprint density at radius 1 is 1.30 bits per heavy atom. The molecule has 0 radical (unpaired) electrons. The fourth-order valence-electron chi connectivity index (χ4n) is 2.55. The summed E-state index contributed by atoms with van der Waals surface area (Å²) < 4.78 is 26.3. The number of nitrogens with one attached hydrogen (secondary N) is 1. The van der Waals surface area contributed by atoms with Crippen molar-refractivity contribution in [1.29, 1.82) is 0 Å². The van der Waals surface area contributed by atoms with Gasteiger partial charge in [0.15, 0.2) is 11.6 Å². The van der Waals surface area contributed by atoms with Gasteiger partial charge in [0, 0.05) is 37.2 Å². The lowest BCUT2D eigenvalue weighted by molar-refractivity contribution is -0.117. The van der Waals surface area contributed by atoms with Crippen LogP contribution < -0.4 is 10.2 Å². The van der Waals surface area contributed by atoms with Crippen molar-refractivity contribution >= 4 is 28.8 Å². The van der Waals surface area contributed by atoms with Gasteiger partial charge in [-0.05, 0) is 23.6 Å². The van der Waals surface area contributed by atoms with Crippen molar-refractivity contribution in [1.82, 2.24) is 5.32 Å². The lowest BCUT2D eigenvalue weighted by Gasteiger charge is -2.17. The summed E-state index contributed by atoms with van der Waals surface area (Å²) in [6, 6.07) is 6.92. The zero-order valence-electron chi connectivity index (χ0n) is 12.1. The molecule has 1 aliphatic rings. The number of halogens is 2. The molecule has 0 saturated carbocycles. The smallest absolute Gasteiger partial charge is 0.261 e. The van der Waals surface area contributed by atoms with Crippen molar-refractivity contribution in [2.45, 2.75) is 6.42 Å². The van der Waals surface area contributed by atoms with Crippen molar-refractivity contribution < 1.29 is 18.4 Å². The fraction of sp³-hybridized carbons (Fsp3) is 0.250. The number of thiophene rings is 1. The van der Waals surface area contributed by atoms with Crippen molar-refractivity contribution in [2.75, 3.05) is 18.0 Å². The largest absolute Gasteiger partial charge is 0.351 e. The van der Waals surface area contributed by atoms with Gasteiger partial charge in [0.2, 0.25) is 5.91 Å². The molecule has 0 aliphatic carbocycles. The Hall–Kier alpha value is -2.28. The molecule has 1 atom stereocenters. The van der Waals surface area contributed by atoms with E-state index in [0.29, 0.717) is 23.7 Å². The second kappa shape index (κ2) is 6.45. The van der Waals surface area contributed by atoms with Crippen LogP contribution in [0, 0.1) is 17.6 Å². The molecule has 1 unspecified atom stereocenters. The molecule has 3 rings (SSSR count). The van der Waals surface area contributed by atoms with Gasteiger partial charge in [-0.2, -0.15) is 0 Å². The predicted octanol–water partition coefficient (Wildman–Crippen LogP) is 2.81. The van der Waals surface area contributed by atoms with E-state index >= 15 is 0 Å². The number of carbonyl (C=O) groups excluding carboxylic acids is 2. The van der Waals surface area contributed by atoms with Crippen LogP contribution in [0.4, 0.5) is 14.5 Å². The van der Waals surface area contributed by atoms with E-state index in [9.17, 15) is 18.4 Å². The second-order valence-electron chi connectivity index (χ2n) is 5.36. The number of nitrogens with zero attached hydrogens (tertiary/aromatic N) is 1. The molecule has 2 amide bonds. The maximum atomic E-state index is 13.3. The zero-order valence-corrected chi connectivity index (χ0v) is 12.9. The van der Waals surface area contributed by atoms with E-state index in [4.69, 9.17) is 0 Å². The Morgan fingerprint density at radius 2 is 2.13 bits per heavy atom. The van der Waals surface area contributed by atoms with Crippen molar-refractivity contribution in [3.8, 4) is 0 Å². The minimum Gasteiger partial charge on any atom is -0.351 e. The van der Waals surface area contributed by atoms with Crippen LogP contribution in [0.3, 0.4) is 0 Å². The molecule has 1 saturated heterocycles. The molecule has 120 valence electrons. The molecule has 2 heterocycles. The molecule has 1 fully saturated rings. The molecule has 2 aromatic rings. The third-order valence-corrected chi connectivity index (χ3v) is 4.58. The highest BCUT2D eigenvalue weighted by atomic mass is 32.1. The number of hydrogen-bond acceptors (Lipinski definition) is 3. The summed E-state index contributed by atoms with van der Waals surface area (Å²) in [6.45, 7) is 0.733. The Bertz CT molecular complexity index is 734. The van der Waals surface area contributed by atoms with E-state index in [-0.39, 0.29) is 24.2 Å². The summed E-state index contributed by atoms with van der Waals surface area (Å²) in [5, 5.41) is 4.62. The molecule has 1 aromatic heterocycles. The fourth-order valence-corrected chi connectivity index (χ4v) is 3.19. The molecular formula is C16H14F2N2O2S. The average Bonchev–Trinajstić information content (AvgIpc) is 3.17. The van der Waals surface area contributed by atoms with E-state index in [0.717, 1.165) is 12.1 Å². The van der Waals surface area contributed by atoms with Gasteiger partial charge in [-0.3, -0.25) is 9.59 Å². The Morgan fingerprint density at radius 3 is 2.83 bits per heavy atom. The average molecular weight is 336 g/mol. The van der Waals surface area contributed by atoms with Gasteiger partial charge in [-0.15, -0.1) is 11.3 Å². The van der Waals surface area contributed by atoms with Crippen molar-refractivity contribution in [2.24, 2.45) is 5.92 Å². The first-order valence-corrected chi connectivity index (χ1v) is 7.99.